The number of hydrogen-bond acceptors (Lipinski definition) is 4. The van der Waals surface area contributed by atoms with Crippen molar-refractivity contribution in [1.82, 2.24) is 8.61 Å². The molecule has 0 spiro atoms. The molecule has 0 N–H and O–H groups in total. The first-order valence-corrected chi connectivity index (χ1v) is 10.3. The lowest BCUT2D eigenvalue weighted by Crippen LogP contribution is -2.32. The van der Waals surface area contributed by atoms with Crippen LogP contribution in [0.2, 0.25) is 0 Å². The molecule has 140 valence electrons. The van der Waals surface area contributed by atoms with E-state index >= 15 is 0 Å². The van der Waals surface area contributed by atoms with Crippen molar-refractivity contribution in [2.75, 3.05) is 14.1 Å². The van der Waals surface area contributed by atoms with Crippen LogP contribution in [0.5, 0.6) is 11.5 Å². The second-order valence-electron chi connectivity index (χ2n) is 6.12. The van der Waals surface area contributed by atoms with Gasteiger partial charge in [-0.15, -0.1) is 0 Å². The molecule has 2 aliphatic rings. The molecule has 26 heavy (non-hydrogen) atoms. The zero-order valence-corrected chi connectivity index (χ0v) is 16.8. The van der Waals surface area contributed by atoms with Crippen molar-refractivity contribution in [3.63, 3.8) is 0 Å². The Morgan fingerprint density at radius 3 is 1.46 bits per heavy atom. The molecule has 0 radical (unpaired) electrons. The van der Waals surface area contributed by atoms with Gasteiger partial charge in [0.2, 0.25) is 0 Å². The summed E-state index contributed by atoms with van der Waals surface area (Å²) in [5, 5.41) is 0. The molecule has 4 rings (SSSR count). The van der Waals surface area contributed by atoms with Crippen molar-refractivity contribution < 1.29 is 16.8 Å². The minimum absolute atomic E-state index is 0.144. The van der Waals surface area contributed by atoms with Crippen LogP contribution in [0.4, 0.5) is 0 Å². The van der Waals surface area contributed by atoms with Gasteiger partial charge in [-0.1, -0.05) is 36.4 Å². The molecular weight excluding hydrogens is 372 g/mol. The summed E-state index contributed by atoms with van der Waals surface area (Å²) in [6.45, 7) is 4.03. The van der Waals surface area contributed by atoms with Crippen molar-refractivity contribution in [3.8, 4) is 11.5 Å². The van der Waals surface area contributed by atoms with Crippen LogP contribution in [0.3, 0.4) is 0 Å². The number of para-hydroxylation sites is 2. The van der Waals surface area contributed by atoms with Crippen LogP contribution in [-0.4, -0.2) is 31.1 Å². The van der Waals surface area contributed by atoms with Crippen molar-refractivity contribution in [2.24, 2.45) is 0 Å². The Balaban J connectivity index is 0.000000151. The van der Waals surface area contributed by atoms with E-state index in [9.17, 15) is 8.42 Å². The summed E-state index contributed by atoms with van der Waals surface area (Å²) >= 11 is -2.69. The van der Waals surface area contributed by atoms with Crippen LogP contribution < -0.4 is 8.37 Å². The number of rotatable bonds is 0. The lowest BCUT2D eigenvalue weighted by Gasteiger charge is -2.29. The second kappa shape index (κ2) is 7.87. The Morgan fingerprint density at radius 2 is 1.08 bits per heavy atom. The summed E-state index contributed by atoms with van der Waals surface area (Å²) in [6, 6.07) is 15.6. The second-order valence-corrected chi connectivity index (χ2v) is 8.47. The van der Waals surface area contributed by atoms with E-state index in [-0.39, 0.29) is 12.1 Å². The third kappa shape index (κ3) is 3.68. The molecule has 4 unspecified atom stereocenters. The topological polar surface area (TPSA) is 59.1 Å². The van der Waals surface area contributed by atoms with Gasteiger partial charge in [-0.25, -0.2) is 0 Å². The van der Waals surface area contributed by atoms with E-state index in [1.807, 2.05) is 62.4 Å². The van der Waals surface area contributed by atoms with Crippen LogP contribution in [-0.2, 0) is 22.5 Å². The Labute approximate surface area is 159 Å². The van der Waals surface area contributed by atoms with Crippen molar-refractivity contribution in [3.05, 3.63) is 59.7 Å². The van der Waals surface area contributed by atoms with Gasteiger partial charge in [-0.2, -0.15) is 17.0 Å². The van der Waals surface area contributed by atoms with Crippen molar-refractivity contribution >= 4 is 22.5 Å². The maximum absolute atomic E-state index is 11.4. The summed E-state index contributed by atoms with van der Waals surface area (Å²) in [5.41, 5.74) is 2.18. The quantitative estimate of drug-likeness (QED) is 0.688. The summed E-state index contributed by atoms with van der Waals surface area (Å²) in [5.74, 6) is 1.46. The predicted octanol–water partition coefficient (Wildman–Crippen LogP) is 3.30. The van der Waals surface area contributed by atoms with Crippen LogP contribution in [0.1, 0.15) is 37.1 Å². The molecule has 0 amide bonds. The molecule has 0 aliphatic carbocycles. The first kappa shape index (κ1) is 19.0. The lowest BCUT2D eigenvalue weighted by molar-refractivity contribution is 0.355. The molecule has 2 aliphatic heterocycles. The third-order valence-electron chi connectivity index (χ3n) is 4.62. The Bertz CT molecular complexity index is 776. The number of benzene rings is 2. The summed E-state index contributed by atoms with van der Waals surface area (Å²) in [4.78, 5) is 0. The van der Waals surface area contributed by atoms with E-state index in [1.165, 1.54) is 0 Å². The maximum atomic E-state index is 11.4. The molecule has 0 bridgehead atoms. The van der Waals surface area contributed by atoms with Gasteiger partial charge >= 0.3 is 0 Å². The number of hydrogen-bond donors (Lipinski definition) is 0. The highest BCUT2D eigenvalue weighted by molar-refractivity contribution is 7.78. The number of nitrogens with zero attached hydrogens (tertiary/aromatic N) is 2. The zero-order chi connectivity index (χ0) is 18.8. The molecule has 2 aromatic carbocycles. The fourth-order valence-electron chi connectivity index (χ4n) is 2.72. The SMILES string of the molecule is CC1c2ccccc2OS(=O)N1C.CC1c2ccccc2OS(=O)N1C. The van der Waals surface area contributed by atoms with E-state index in [4.69, 9.17) is 8.37 Å². The Morgan fingerprint density at radius 1 is 0.731 bits per heavy atom. The van der Waals surface area contributed by atoms with Gasteiger partial charge in [0.1, 0.15) is 11.5 Å². The fraction of sp³-hybridized carbons (Fsp3) is 0.333. The van der Waals surface area contributed by atoms with E-state index < -0.39 is 22.5 Å². The summed E-state index contributed by atoms with van der Waals surface area (Å²) in [7, 11) is 3.58. The average Bonchev–Trinajstić information content (AvgIpc) is 2.65. The van der Waals surface area contributed by atoms with Gasteiger partial charge in [-0.05, 0) is 26.0 Å². The van der Waals surface area contributed by atoms with Crippen LogP contribution in [0.15, 0.2) is 48.5 Å². The molecule has 0 fully saturated rings. The molecule has 0 aromatic heterocycles. The molecule has 8 heteroatoms. The molecule has 2 heterocycles. The third-order valence-corrected chi connectivity index (χ3v) is 6.84. The molecule has 2 aromatic rings. The van der Waals surface area contributed by atoms with Gasteiger partial charge in [0.25, 0.3) is 22.5 Å². The highest BCUT2D eigenvalue weighted by atomic mass is 32.2. The zero-order valence-electron chi connectivity index (χ0n) is 15.1. The Kier molecular flexibility index (Phi) is 5.76. The summed E-state index contributed by atoms with van der Waals surface area (Å²) in [6.07, 6.45) is 0. The largest absolute Gasteiger partial charge is 0.389 e. The highest BCUT2D eigenvalue weighted by Gasteiger charge is 2.28. The van der Waals surface area contributed by atoms with E-state index in [1.54, 1.807) is 22.7 Å². The van der Waals surface area contributed by atoms with Crippen LogP contribution in [0.25, 0.3) is 0 Å². The summed E-state index contributed by atoms with van der Waals surface area (Å²) < 4.78 is 36.6. The molecular formula is C18H22N2O4S2. The van der Waals surface area contributed by atoms with Gasteiger partial charge in [0, 0.05) is 25.2 Å². The van der Waals surface area contributed by atoms with E-state index in [2.05, 4.69) is 0 Å². The smallest absolute Gasteiger partial charge is 0.291 e. The van der Waals surface area contributed by atoms with E-state index in [0.717, 1.165) is 22.6 Å². The standard InChI is InChI=1S/2C9H11NO2S/c2*1-7-8-5-3-4-6-9(8)12-13(11)10(7)2/h2*3-7H,1-2H3. The van der Waals surface area contributed by atoms with Gasteiger partial charge in [0.05, 0.1) is 12.1 Å². The molecule has 4 atom stereocenters. The highest BCUT2D eigenvalue weighted by Crippen LogP contribution is 2.35. The van der Waals surface area contributed by atoms with Crippen LogP contribution >= 0.6 is 0 Å². The van der Waals surface area contributed by atoms with Gasteiger partial charge in [-0.3, -0.25) is 0 Å². The minimum Gasteiger partial charge on any atom is -0.389 e. The maximum Gasteiger partial charge on any atom is 0.291 e. The van der Waals surface area contributed by atoms with Gasteiger partial charge in [0.15, 0.2) is 0 Å². The molecule has 0 saturated carbocycles. The van der Waals surface area contributed by atoms with Crippen LogP contribution in [0, 0.1) is 0 Å². The first-order chi connectivity index (χ1) is 12.4. The van der Waals surface area contributed by atoms with E-state index in [0.29, 0.717) is 0 Å². The lowest BCUT2D eigenvalue weighted by atomic mass is 10.1. The van der Waals surface area contributed by atoms with Gasteiger partial charge < -0.3 is 8.37 Å². The monoisotopic (exact) mass is 394 g/mol. The van der Waals surface area contributed by atoms with Crippen molar-refractivity contribution in [1.29, 1.82) is 0 Å². The Hall–Kier alpha value is -1.74. The molecule has 0 saturated heterocycles. The van der Waals surface area contributed by atoms with Crippen molar-refractivity contribution in [2.45, 2.75) is 25.9 Å². The molecule has 6 nitrogen and oxygen atoms in total. The minimum atomic E-state index is -1.34. The number of fused-ring (bicyclic) bond motifs is 2. The first-order valence-electron chi connectivity index (χ1n) is 8.24. The predicted molar refractivity (Wildman–Crippen MR) is 103 cm³/mol. The normalized spacial score (nSPS) is 27.8. The fourth-order valence-corrected chi connectivity index (χ4v) is 4.31. The average molecular weight is 395 g/mol.